The van der Waals surface area contributed by atoms with E-state index in [2.05, 4.69) is 99.4 Å². The fourth-order valence-corrected chi connectivity index (χ4v) is 7.39. The van der Waals surface area contributed by atoms with Gasteiger partial charge in [0.15, 0.2) is 5.60 Å². The maximum atomic E-state index is 13.6. The van der Waals surface area contributed by atoms with Crippen molar-refractivity contribution in [2.24, 2.45) is 0 Å². The average molecular weight is 665 g/mol. The van der Waals surface area contributed by atoms with E-state index in [1.807, 2.05) is 54.6 Å². The van der Waals surface area contributed by atoms with Crippen LogP contribution in [0.3, 0.4) is 0 Å². The average Bonchev–Trinajstić information content (AvgIpc) is 3.41. The SMILES string of the molecule is CCCCCCCCN(c1ccc(C(C)(C)C)cc1)c1ccc2c(c1)Oc1cc(C)c(Nc3ccccc3)cc1C21OC(=O)c2ccccc21. The van der Waals surface area contributed by atoms with Crippen LogP contribution < -0.4 is 15.0 Å². The number of carbonyl (C=O) groups excluding carboxylic acids is 1. The fraction of sp³-hybridized carbons (Fsp3) is 0.311. The van der Waals surface area contributed by atoms with Crippen LogP contribution in [0.1, 0.15) is 104 Å². The topological polar surface area (TPSA) is 50.8 Å². The minimum absolute atomic E-state index is 0.0770. The van der Waals surface area contributed by atoms with E-state index in [1.165, 1.54) is 37.7 Å². The molecule has 0 aliphatic carbocycles. The minimum atomic E-state index is -1.14. The molecule has 5 heteroatoms. The Morgan fingerprint density at radius 1 is 0.700 bits per heavy atom. The molecule has 1 N–H and O–H groups in total. The Hall–Kier alpha value is -5.03. The monoisotopic (exact) mass is 664 g/mol. The van der Waals surface area contributed by atoms with Crippen molar-refractivity contribution in [3.8, 4) is 11.5 Å². The zero-order valence-corrected chi connectivity index (χ0v) is 30.0. The van der Waals surface area contributed by atoms with Gasteiger partial charge >= 0.3 is 5.97 Å². The molecule has 50 heavy (non-hydrogen) atoms. The second-order valence-corrected chi connectivity index (χ2v) is 14.8. The number of anilines is 4. The molecule has 0 bridgehead atoms. The number of nitrogens with one attached hydrogen (secondary N) is 1. The van der Waals surface area contributed by atoms with Gasteiger partial charge < -0.3 is 19.7 Å². The van der Waals surface area contributed by atoms with Crippen LogP contribution in [0.4, 0.5) is 22.7 Å². The molecule has 5 nitrogen and oxygen atoms in total. The van der Waals surface area contributed by atoms with Gasteiger partial charge in [0.25, 0.3) is 0 Å². The molecule has 0 amide bonds. The summed E-state index contributed by atoms with van der Waals surface area (Å²) < 4.78 is 13.4. The van der Waals surface area contributed by atoms with E-state index in [0.717, 1.165) is 58.0 Å². The predicted molar refractivity (Wildman–Crippen MR) is 205 cm³/mol. The smallest absolute Gasteiger partial charge is 0.340 e. The molecule has 256 valence electrons. The van der Waals surface area contributed by atoms with Gasteiger partial charge in [0.2, 0.25) is 0 Å². The standard InChI is InChI=1S/C45H48N2O3/c1-6-7-8-9-10-16-27-47(34-23-21-32(22-24-34)44(3,4)5)35-25-26-38-42(29-35)49-41-28-31(2)40(46-33-17-12-11-13-18-33)30-39(41)45(38)37-20-15-14-19-36(37)43(48)50-45/h11-15,17-26,28-30,46H,6-10,16,27H2,1-5H3. The lowest BCUT2D eigenvalue weighted by Gasteiger charge is -2.38. The first kappa shape index (κ1) is 33.5. The molecule has 0 saturated heterocycles. The number of unbranched alkanes of at least 4 members (excludes halogenated alkanes) is 5. The molecule has 5 aromatic rings. The molecule has 1 atom stereocenters. The first-order chi connectivity index (χ1) is 24.2. The van der Waals surface area contributed by atoms with Gasteiger partial charge in [0.1, 0.15) is 11.5 Å². The van der Waals surface area contributed by atoms with Crippen molar-refractivity contribution in [2.75, 3.05) is 16.8 Å². The molecule has 0 aromatic heterocycles. The summed E-state index contributed by atoms with van der Waals surface area (Å²) in [6.45, 7) is 12.0. The van der Waals surface area contributed by atoms with Gasteiger partial charge in [-0.3, -0.25) is 0 Å². The highest BCUT2D eigenvalue weighted by molar-refractivity contribution is 5.97. The number of benzene rings is 5. The van der Waals surface area contributed by atoms with Crippen molar-refractivity contribution < 1.29 is 14.3 Å². The van der Waals surface area contributed by atoms with E-state index in [-0.39, 0.29) is 11.4 Å². The van der Waals surface area contributed by atoms with Crippen LogP contribution in [0, 0.1) is 6.92 Å². The number of aryl methyl sites for hydroxylation is 1. The van der Waals surface area contributed by atoms with Gasteiger partial charge in [0, 0.05) is 52.1 Å². The highest BCUT2D eigenvalue weighted by Gasteiger charge is 2.53. The summed E-state index contributed by atoms with van der Waals surface area (Å²) in [4.78, 5) is 16.0. The third-order valence-corrected chi connectivity index (χ3v) is 10.2. The van der Waals surface area contributed by atoms with Crippen molar-refractivity contribution in [3.05, 3.63) is 143 Å². The molecule has 0 radical (unpaired) electrons. The Bertz CT molecular complexity index is 1990. The Morgan fingerprint density at radius 2 is 1.38 bits per heavy atom. The molecule has 5 aromatic carbocycles. The first-order valence-corrected chi connectivity index (χ1v) is 18.2. The largest absolute Gasteiger partial charge is 0.456 e. The maximum absolute atomic E-state index is 13.6. The molecule has 7 rings (SSSR count). The second kappa shape index (κ2) is 13.7. The van der Waals surface area contributed by atoms with Crippen molar-refractivity contribution in [1.29, 1.82) is 0 Å². The van der Waals surface area contributed by atoms with E-state index in [1.54, 1.807) is 0 Å². The third-order valence-electron chi connectivity index (χ3n) is 10.2. The fourth-order valence-electron chi connectivity index (χ4n) is 7.39. The molecule has 1 unspecified atom stereocenters. The van der Waals surface area contributed by atoms with Crippen molar-refractivity contribution in [3.63, 3.8) is 0 Å². The summed E-state index contributed by atoms with van der Waals surface area (Å²) >= 11 is 0. The quantitative estimate of drug-likeness (QED) is 0.112. The lowest BCUT2D eigenvalue weighted by Crippen LogP contribution is -2.33. The first-order valence-electron chi connectivity index (χ1n) is 18.2. The second-order valence-electron chi connectivity index (χ2n) is 14.8. The van der Waals surface area contributed by atoms with Crippen LogP contribution in [-0.2, 0) is 15.8 Å². The molecule has 1 spiro atoms. The molecule has 2 aliphatic heterocycles. The summed E-state index contributed by atoms with van der Waals surface area (Å²) in [5.74, 6) is 1.06. The van der Waals surface area contributed by atoms with E-state index in [0.29, 0.717) is 17.1 Å². The zero-order chi connectivity index (χ0) is 34.9. The highest BCUT2D eigenvalue weighted by Crippen LogP contribution is 2.57. The Kier molecular flexibility index (Phi) is 9.17. The highest BCUT2D eigenvalue weighted by atomic mass is 16.6. The van der Waals surface area contributed by atoms with Crippen LogP contribution in [0.2, 0.25) is 0 Å². The maximum Gasteiger partial charge on any atom is 0.340 e. The number of hydrogen-bond acceptors (Lipinski definition) is 5. The molecule has 2 heterocycles. The summed E-state index contributed by atoms with van der Waals surface area (Å²) in [6.07, 6.45) is 7.36. The van der Waals surface area contributed by atoms with Crippen LogP contribution in [0.25, 0.3) is 0 Å². The zero-order valence-electron chi connectivity index (χ0n) is 30.0. The summed E-state index contributed by atoms with van der Waals surface area (Å²) in [5, 5.41) is 3.58. The number of carbonyl (C=O) groups is 1. The van der Waals surface area contributed by atoms with Gasteiger partial charge in [-0.05, 0) is 84.5 Å². The third kappa shape index (κ3) is 6.26. The van der Waals surface area contributed by atoms with E-state index in [9.17, 15) is 4.79 Å². The van der Waals surface area contributed by atoms with Crippen LogP contribution in [0.5, 0.6) is 11.5 Å². The molecule has 0 saturated carbocycles. The minimum Gasteiger partial charge on any atom is -0.456 e. The van der Waals surface area contributed by atoms with E-state index < -0.39 is 5.60 Å². The number of fused-ring (bicyclic) bond motifs is 6. The summed E-state index contributed by atoms with van der Waals surface area (Å²) in [7, 11) is 0. The van der Waals surface area contributed by atoms with Crippen molar-refractivity contribution >= 4 is 28.7 Å². The van der Waals surface area contributed by atoms with Crippen LogP contribution in [0.15, 0.2) is 109 Å². The lowest BCUT2D eigenvalue weighted by molar-refractivity contribution is 0.0224. The summed E-state index contributed by atoms with van der Waals surface area (Å²) in [6, 6.07) is 37.4. The summed E-state index contributed by atoms with van der Waals surface area (Å²) in [5.41, 5.74) is 8.44. The number of hydrogen-bond donors (Lipinski definition) is 1. The van der Waals surface area contributed by atoms with E-state index >= 15 is 0 Å². The van der Waals surface area contributed by atoms with Gasteiger partial charge in [0.05, 0.1) is 5.56 Å². The Labute approximate surface area is 297 Å². The van der Waals surface area contributed by atoms with Gasteiger partial charge in [-0.2, -0.15) is 0 Å². The molecule has 2 aliphatic rings. The van der Waals surface area contributed by atoms with Gasteiger partial charge in [-0.1, -0.05) is 108 Å². The number of esters is 1. The molecular formula is C45H48N2O3. The van der Waals surface area contributed by atoms with Crippen LogP contribution in [-0.4, -0.2) is 12.5 Å². The Balaban J connectivity index is 1.32. The van der Waals surface area contributed by atoms with E-state index in [4.69, 9.17) is 9.47 Å². The number of nitrogens with zero attached hydrogens (tertiary/aromatic N) is 1. The normalized spacial score (nSPS) is 15.9. The Morgan fingerprint density at radius 3 is 2.14 bits per heavy atom. The molecule has 0 fully saturated rings. The van der Waals surface area contributed by atoms with Crippen molar-refractivity contribution in [1.82, 2.24) is 0 Å². The molecular weight excluding hydrogens is 617 g/mol. The predicted octanol–water partition coefficient (Wildman–Crippen LogP) is 12.1. The number of para-hydroxylation sites is 1. The van der Waals surface area contributed by atoms with Crippen molar-refractivity contribution in [2.45, 2.75) is 84.2 Å². The lowest BCUT2D eigenvalue weighted by atomic mass is 9.77. The number of rotatable bonds is 11. The number of ether oxygens (including phenoxy) is 2. The van der Waals surface area contributed by atoms with Gasteiger partial charge in [-0.25, -0.2) is 4.79 Å². The van der Waals surface area contributed by atoms with Crippen LogP contribution >= 0.6 is 0 Å². The van der Waals surface area contributed by atoms with Gasteiger partial charge in [-0.15, -0.1) is 0 Å².